The minimum absolute atomic E-state index is 0.0449. The van der Waals surface area contributed by atoms with Crippen LogP contribution < -0.4 is 4.74 Å². The first-order valence-corrected chi connectivity index (χ1v) is 23.4. The van der Waals surface area contributed by atoms with Crippen molar-refractivity contribution in [2.24, 2.45) is 0 Å². The number of sulfone groups is 1. The topological polar surface area (TPSA) is 137 Å². The molecule has 9 aromatic rings. The Morgan fingerprint density at radius 3 is 1.65 bits per heavy atom. The SMILES string of the molecule is CCOC(=O)c1cc(O)ccc1Cc1ccc2c(ccn2Cc2ccccc2)c1.CS(=O)(=O)c1ccccc1Oc1ccc(Cc2ccc3c(ccn3Cc3ccccc3)c2)c(C(=O)O)c1. The summed E-state index contributed by atoms with van der Waals surface area (Å²) in [5.41, 5.74) is 8.85. The molecule has 0 bridgehead atoms. The maximum Gasteiger partial charge on any atom is 0.338 e. The van der Waals surface area contributed by atoms with E-state index in [1.807, 2.05) is 30.3 Å². The number of nitrogens with zero attached hydrogens (tertiary/aromatic N) is 2. The predicted octanol–water partition coefficient (Wildman–Crippen LogP) is 11.3. The second-order valence-corrected chi connectivity index (χ2v) is 18.0. The number of benzene rings is 7. The van der Waals surface area contributed by atoms with Crippen LogP contribution in [0, 0.1) is 0 Å². The van der Waals surface area contributed by atoms with E-state index in [-0.39, 0.29) is 27.7 Å². The van der Waals surface area contributed by atoms with Gasteiger partial charge in [0.2, 0.25) is 0 Å². The standard InChI is InChI=1S/C30H25NO5S.C25H23NO3/c1-37(34,35)29-10-6-5-9-28(29)36-25-13-12-23(26(19-25)30(32)33)17-22-11-14-27-24(18-22)15-16-31(27)20-21-7-3-2-4-8-21;1-2-29-25(28)23-16-22(27)10-9-20(23)14-19-8-11-24-21(15-19)12-13-26(24)17-18-6-4-3-5-7-18/h2-16,18-19H,17,20H2,1H3,(H,32,33);3-13,15-16,27H,2,14,17H2,1H3. The number of carboxylic acid groups (broad SMARTS) is 1. The highest BCUT2D eigenvalue weighted by molar-refractivity contribution is 7.90. The summed E-state index contributed by atoms with van der Waals surface area (Å²) < 4.78 is 39.5. The number of hydrogen-bond acceptors (Lipinski definition) is 7. The lowest BCUT2D eigenvalue weighted by molar-refractivity contribution is 0.0524. The van der Waals surface area contributed by atoms with Crippen molar-refractivity contribution in [1.82, 2.24) is 9.13 Å². The molecule has 0 atom stereocenters. The molecule has 0 aliphatic rings. The van der Waals surface area contributed by atoms with Crippen molar-refractivity contribution in [2.45, 2.75) is 37.8 Å². The van der Waals surface area contributed by atoms with Gasteiger partial charge in [-0.1, -0.05) is 97.1 Å². The largest absolute Gasteiger partial charge is 0.508 e. The van der Waals surface area contributed by atoms with E-state index in [1.54, 1.807) is 49.4 Å². The fraction of sp³-hybridized carbons (Fsp3) is 0.127. The molecule has 0 aliphatic heterocycles. The van der Waals surface area contributed by atoms with Crippen molar-refractivity contribution < 1.29 is 37.7 Å². The van der Waals surface area contributed by atoms with Gasteiger partial charge in [-0.2, -0.15) is 0 Å². The zero-order valence-corrected chi connectivity index (χ0v) is 37.3. The Labute approximate surface area is 383 Å². The van der Waals surface area contributed by atoms with E-state index in [2.05, 4.69) is 100 Å². The molecule has 2 heterocycles. The van der Waals surface area contributed by atoms with Crippen LogP contribution in [0.3, 0.4) is 0 Å². The number of rotatable bonds is 14. The fourth-order valence-corrected chi connectivity index (χ4v) is 8.85. The summed E-state index contributed by atoms with van der Waals surface area (Å²) in [7, 11) is -3.51. The van der Waals surface area contributed by atoms with Crippen LogP contribution in [-0.4, -0.2) is 52.6 Å². The Hall–Kier alpha value is -7.89. The van der Waals surface area contributed by atoms with Crippen LogP contribution in [0.25, 0.3) is 21.8 Å². The van der Waals surface area contributed by atoms with Gasteiger partial charge in [0.1, 0.15) is 22.1 Å². The predicted molar refractivity (Wildman–Crippen MR) is 258 cm³/mol. The molecule has 0 spiro atoms. The Bertz CT molecular complexity index is 3280. The van der Waals surface area contributed by atoms with Crippen molar-refractivity contribution in [1.29, 1.82) is 0 Å². The van der Waals surface area contributed by atoms with Gasteiger partial charge in [0.15, 0.2) is 9.84 Å². The maximum absolute atomic E-state index is 12.3. The zero-order chi connectivity index (χ0) is 46.2. The summed E-state index contributed by atoms with van der Waals surface area (Å²) in [6.07, 6.45) is 6.29. The normalized spacial score (nSPS) is 11.2. The smallest absolute Gasteiger partial charge is 0.338 e. The van der Waals surface area contributed by atoms with Crippen LogP contribution in [0.4, 0.5) is 0 Å². The average Bonchev–Trinajstić information content (AvgIpc) is 3.90. The van der Waals surface area contributed by atoms with Crippen LogP contribution in [0.2, 0.25) is 0 Å². The highest BCUT2D eigenvalue weighted by Gasteiger charge is 2.18. The lowest BCUT2D eigenvalue weighted by Crippen LogP contribution is -2.08. The Morgan fingerprint density at radius 1 is 0.576 bits per heavy atom. The molecule has 0 unspecified atom stereocenters. The number of hydrogen-bond donors (Lipinski definition) is 2. The van der Waals surface area contributed by atoms with E-state index < -0.39 is 21.8 Å². The second-order valence-electron chi connectivity index (χ2n) is 16.0. The highest BCUT2D eigenvalue weighted by Crippen LogP contribution is 2.31. The van der Waals surface area contributed by atoms with Gasteiger partial charge in [0.25, 0.3) is 0 Å². The van der Waals surface area contributed by atoms with Crippen LogP contribution in [0.5, 0.6) is 17.2 Å². The summed E-state index contributed by atoms with van der Waals surface area (Å²) in [5.74, 6) is -1.02. The number of ether oxygens (including phenoxy) is 2. The van der Waals surface area contributed by atoms with Crippen LogP contribution >= 0.6 is 0 Å². The summed E-state index contributed by atoms with van der Waals surface area (Å²) in [6.45, 7) is 3.68. The number of aromatic hydroxyl groups is 1. The van der Waals surface area contributed by atoms with Gasteiger partial charge in [-0.25, -0.2) is 18.0 Å². The molecule has 0 saturated carbocycles. The molecule has 2 N–H and O–H groups in total. The molecular formula is C55H48N2O8S. The lowest BCUT2D eigenvalue weighted by Gasteiger charge is -2.13. The number of para-hydroxylation sites is 1. The Balaban J connectivity index is 0.000000185. The van der Waals surface area contributed by atoms with Crippen molar-refractivity contribution in [2.75, 3.05) is 12.9 Å². The van der Waals surface area contributed by atoms with Gasteiger partial charge in [-0.15, -0.1) is 0 Å². The van der Waals surface area contributed by atoms with Crippen molar-refractivity contribution in [3.8, 4) is 17.2 Å². The summed E-state index contributed by atoms with van der Waals surface area (Å²) in [4.78, 5) is 24.4. The fourth-order valence-electron chi connectivity index (χ4n) is 8.05. The monoisotopic (exact) mass is 896 g/mol. The van der Waals surface area contributed by atoms with Crippen LogP contribution in [0.1, 0.15) is 61.0 Å². The van der Waals surface area contributed by atoms with Crippen molar-refractivity contribution in [3.63, 3.8) is 0 Å². The van der Waals surface area contributed by atoms with E-state index in [0.29, 0.717) is 30.6 Å². The zero-order valence-electron chi connectivity index (χ0n) is 36.5. The number of phenolic OH excluding ortho intramolecular Hbond substituents is 1. The first-order valence-electron chi connectivity index (χ1n) is 21.5. The van der Waals surface area contributed by atoms with E-state index in [1.165, 1.54) is 34.8 Å². The third-order valence-electron chi connectivity index (χ3n) is 11.2. The van der Waals surface area contributed by atoms with Crippen LogP contribution in [0.15, 0.2) is 187 Å². The molecule has 0 amide bonds. The van der Waals surface area contributed by atoms with E-state index in [9.17, 15) is 28.2 Å². The minimum atomic E-state index is -3.51. The third-order valence-corrected chi connectivity index (χ3v) is 12.4. The van der Waals surface area contributed by atoms with E-state index in [0.717, 1.165) is 52.3 Å². The number of aromatic nitrogens is 2. The lowest BCUT2D eigenvalue weighted by atomic mass is 9.98. The molecule has 0 fully saturated rings. The molecule has 0 radical (unpaired) electrons. The average molecular weight is 897 g/mol. The molecule has 7 aromatic carbocycles. The molecule has 332 valence electrons. The number of carbonyl (C=O) groups is 2. The second kappa shape index (κ2) is 19.9. The molecule has 11 heteroatoms. The summed E-state index contributed by atoms with van der Waals surface area (Å²) in [5, 5.41) is 21.9. The Morgan fingerprint density at radius 2 is 1.11 bits per heavy atom. The highest BCUT2D eigenvalue weighted by atomic mass is 32.2. The summed E-state index contributed by atoms with van der Waals surface area (Å²) in [6, 6.07) is 53.3. The van der Waals surface area contributed by atoms with Gasteiger partial charge < -0.3 is 28.8 Å². The molecule has 0 aliphatic carbocycles. The van der Waals surface area contributed by atoms with Gasteiger partial charge in [-0.3, -0.25) is 0 Å². The van der Waals surface area contributed by atoms with Gasteiger partial charge in [0.05, 0.1) is 17.7 Å². The van der Waals surface area contributed by atoms with Crippen LogP contribution in [-0.2, 0) is 40.5 Å². The molecule has 0 saturated heterocycles. The number of carboxylic acids is 1. The van der Waals surface area contributed by atoms with Crippen molar-refractivity contribution in [3.05, 3.63) is 227 Å². The Kier molecular flexibility index (Phi) is 13.5. The molecule has 10 nitrogen and oxygen atoms in total. The number of aromatic carboxylic acids is 1. The number of esters is 1. The number of carbonyl (C=O) groups excluding carboxylic acids is 1. The first-order chi connectivity index (χ1) is 31.9. The van der Waals surface area contributed by atoms with E-state index in [4.69, 9.17) is 9.47 Å². The molecule has 9 rings (SSSR count). The molecule has 66 heavy (non-hydrogen) atoms. The molecular weight excluding hydrogens is 849 g/mol. The van der Waals surface area contributed by atoms with Gasteiger partial charge >= 0.3 is 11.9 Å². The summed E-state index contributed by atoms with van der Waals surface area (Å²) >= 11 is 0. The van der Waals surface area contributed by atoms with E-state index >= 15 is 0 Å². The first kappa shape index (κ1) is 44.7. The minimum Gasteiger partial charge on any atom is -0.508 e. The van der Waals surface area contributed by atoms with Gasteiger partial charge in [0, 0.05) is 42.8 Å². The third kappa shape index (κ3) is 10.7. The molecule has 2 aromatic heterocycles. The number of fused-ring (bicyclic) bond motifs is 2. The van der Waals surface area contributed by atoms with Gasteiger partial charge in [-0.05, 0) is 137 Å². The van der Waals surface area contributed by atoms with Crippen molar-refractivity contribution >= 4 is 43.6 Å². The maximum atomic E-state index is 12.3. The number of phenols is 1. The quantitative estimate of drug-likeness (QED) is 0.103.